The third-order valence-electron chi connectivity index (χ3n) is 12.2. The summed E-state index contributed by atoms with van der Waals surface area (Å²) in [6.07, 6.45) is 73.1. The molecule has 0 aliphatic rings. The molecule has 0 N–H and O–H groups in total. The van der Waals surface area contributed by atoms with Gasteiger partial charge in [0.05, 0.1) is 6.42 Å². The lowest BCUT2D eigenvalue weighted by Crippen LogP contribution is -2.30. The summed E-state index contributed by atoms with van der Waals surface area (Å²) >= 11 is 0. The normalized spacial score (nSPS) is 12.7. The smallest absolute Gasteiger partial charge is 0.309 e. The van der Waals surface area contributed by atoms with Gasteiger partial charge in [-0.15, -0.1) is 0 Å². The van der Waals surface area contributed by atoms with Crippen LogP contribution in [0.25, 0.3) is 0 Å². The summed E-state index contributed by atoms with van der Waals surface area (Å²) in [4.78, 5) is 38.1. The molecule has 0 aromatic carbocycles. The highest BCUT2D eigenvalue weighted by atomic mass is 16.6. The maximum absolute atomic E-state index is 12.8. The van der Waals surface area contributed by atoms with Crippen LogP contribution in [0, 0.1) is 0 Å². The minimum Gasteiger partial charge on any atom is -0.462 e. The Hall–Kier alpha value is -3.41. The lowest BCUT2D eigenvalue weighted by Gasteiger charge is -2.18. The Balaban J connectivity index is 4.47. The lowest BCUT2D eigenvalue weighted by atomic mass is 10.0. The van der Waals surface area contributed by atoms with E-state index in [2.05, 4.69) is 93.7 Å². The predicted molar refractivity (Wildman–Crippen MR) is 293 cm³/mol. The molecule has 0 aromatic rings. The van der Waals surface area contributed by atoms with Gasteiger partial charge in [-0.25, -0.2) is 0 Å². The first-order valence-corrected chi connectivity index (χ1v) is 28.6. The van der Waals surface area contributed by atoms with Crippen molar-refractivity contribution in [2.45, 2.75) is 277 Å². The van der Waals surface area contributed by atoms with Gasteiger partial charge in [-0.1, -0.05) is 260 Å². The highest BCUT2D eigenvalue weighted by Crippen LogP contribution is 2.16. The second-order valence-corrected chi connectivity index (χ2v) is 18.8. The molecule has 0 aliphatic carbocycles. The molecule has 6 nitrogen and oxygen atoms in total. The third-order valence-corrected chi connectivity index (χ3v) is 12.2. The highest BCUT2D eigenvalue weighted by molar-refractivity contribution is 5.72. The number of carbonyl (C=O) groups is 3. The van der Waals surface area contributed by atoms with E-state index in [4.69, 9.17) is 14.2 Å². The predicted octanol–water partition coefficient (Wildman–Crippen LogP) is 19.2. The monoisotopic (exact) mass is 947 g/mol. The number of esters is 3. The maximum Gasteiger partial charge on any atom is 0.309 e. The standard InChI is InChI=1S/C62H106O6/c1-4-7-10-13-16-19-22-25-28-30-32-34-37-40-43-46-49-52-55-61(64)67-58-59(57-66-60(63)54-51-48-45-42-39-36-33-27-24-21-18-15-12-9-6-3)68-62(65)56-53-50-47-44-41-38-35-31-29-26-23-20-17-14-11-8-5-2/h9,12,18-19,21-22,27-28,30,33,39,42,48,51,59H,4-8,10-11,13-17,20,23-26,29,31-32,34-38,40-41,43-47,49-50,52-58H2,1-3H3/b12-9-,21-18-,22-19-,30-28-,33-27-,42-39-,51-48-. The Kier molecular flexibility index (Phi) is 53.4. The molecule has 0 rings (SSSR count). The van der Waals surface area contributed by atoms with E-state index in [1.54, 1.807) is 6.08 Å². The van der Waals surface area contributed by atoms with Crippen LogP contribution in [-0.4, -0.2) is 37.2 Å². The molecule has 0 spiro atoms. The Morgan fingerprint density at radius 2 is 0.632 bits per heavy atom. The molecule has 0 radical (unpaired) electrons. The van der Waals surface area contributed by atoms with E-state index in [0.29, 0.717) is 12.8 Å². The van der Waals surface area contributed by atoms with Crippen molar-refractivity contribution in [3.05, 3.63) is 85.1 Å². The number of allylic oxidation sites excluding steroid dienone is 13. The van der Waals surface area contributed by atoms with E-state index in [0.717, 1.165) is 83.5 Å². The molecule has 0 saturated heterocycles. The van der Waals surface area contributed by atoms with Crippen LogP contribution in [0.4, 0.5) is 0 Å². The number of ether oxygens (including phenoxy) is 3. The van der Waals surface area contributed by atoms with Gasteiger partial charge in [-0.2, -0.15) is 0 Å². The summed E-state index contributed by atoms with van der Waals surface area (Å²) in [5.41, 5.74) is 0. The first kappa shape index (κ1) is 64.6. The minimum absolute atomic E-state index is 0.109. The third kappa shape index (κ3) is 53.5. The van der Waals surface area contributed by atoms with Crippen LogP contribution in [0.15, 0.2) is 85.1 Å². The van der Waals surface area contributed by atoms with Gasteiger partial charge in [0.25, 0.3) is 0 Å². The van der Waals surface area contributed by atoms with E-state index in [1.807, 2.05) is 6.08 Å². The SMILES string of the molecule is CC/C=C\C/C=C\C/C=C\C/C=C\C/C=C\CC(=O)OCC(COC(=O)CCCCCCCCC/C=C\C/C=C\CCCCCC)OC(=O)CCCCCCCCCCCCCCCCCCC. The maximum atomic E-state index is 12.8. The fourth-order valence-corrected chi connectivity index (χ4v) is 7.90. The number of rotatable bonds is 51. The molecule has 390 valence electrons. The number of unbranched alkanes of at least 4 members (excludes halogenated alkanes) is 27. The molecular weight excluding hydrogens is 841 g/mol. The van der Waals surface area contributed by atoms with Gasteiger partial charge in [0.1, 0.15) is 13.2 Å². The van der Waals surface area contributed by atoms with E-state index in [9.17, 15) is 14.4 Å². The number of hydrogen-bond donors (Lipinski definition) is 0. The lowest BCUT2D eigenvalue weighted by molar-refractivity contribution is -0.166. The van der Waals surface area contributed by atoms with Crippen molar-refractivity contribution in [1.82, 2.24) is 0 Å². The highest BCUT2D eigenvalue weighted by Gasteiger charge is 2.19. The summed E-state index contributed by atoms with van der Waals surface area (Å²) < 4.78 is 16.8. The Morgan fingerprint density at radius 1 is 0.324 bits per heavy atom. The topological polar surface area (TPSA) is 78.9 Å². The minimum atomic E-state index is -0.818. The van der Waals surface area contributed by atoms with Crippen LogP contribution in [0.3, 0.4) is 0 Å². The van der Waals surface area contributed by atoms with Crippen molar-refractivity contribution in [2.75, 3.05) is 13.2 Å². The van der Waals surface area contributed by atoms with Crippen LogP contribution < -0.4 is 0 Å². The van der Waals surface area contributed by atoms with Gasteiger partial charge < -0.3 is 14.2 Å². The Morgan fingerprint density at radius 3 is 1.04 bits per heavy atom. The van der Waals surface area contributed by atoms with Crippen LogP contribution in [0.5, 0.6) is 0 Å². The van der Waals surface area contributed by atoms with Crippen molar-refractivity contribution in [2.24, 2.45) is 0 Å². The molecule has 0 aromatic heterocycles. The number of hydrogen-bond acceptors (Lipinski definition) is 6. The second-order valence-electron chi connectivity index (χ2n) is 18.8. The van der Waals surface area contributed by atoms with Gasteiger partial charge in [0.2, 0.25) is 0 Å². The van der Waals surface area contributed by atoms with E-state index < -0.39 is 12.1 Å². The molecule has 0 amide bonds. The van der Waals surface area contributed by atoms with Crippen LogP contribution in [-0.2, 0) is 28.6 Å². The molecule has 0 saturated carbocycles. The fourth-order valence-electron chi connectivity index (χ4n) is 7.90. The molecule has 1 unspecified atom stereocenters. The quantitative estimate of drug-likeness (QED) is 0.0262. The summed E-state index contributed by atoms with van der Waals surface area (Å²) in [6, 6.07) is 0. The van der Waals surface area contributed by atoms with E-state index >= 15 is 0 Å². The molecule has 0 aliphatic heterocycles. The van der Waals surface area contributed by atoms with Crippen molar-refractivity contribution < 1.29 is 28.6 Å². The largest absolute Gasteiger partial charge is 0.462 e. The molecule has 68 heavy (non-hydrogen) atoms. The molecule has 6 heteroatoms. The molecule has 0 heterocycles. The first-order chi connectivity index (χ1) is 33.5. The molecule has 1 atom stereocenters. The summed E-state index contributed by atoms with van der Waals surface area (Å²) in [5, 5.41) is 0. The van der Waals surface area contributed by atoms with Gasteiger partial charge in [-0.3, -0.25) is 14.4 Å². The zero-order valence-electron chi connectivity index (χ0n) is 44.6. The zero-order valence-corrected chi connectivity index (χ0v) is 44.6. The van der Waals surface area contributed by atoms with Crippen molar-refractivity contribution in [3.63, 3.8) is 0 Å². The summed E-state index contributed by atoms with van der Waals surface area (Å²) in [5.74, 6) is -1.04. The van der Waals surface area contributed by atoms with Crippen LogP contribution in [0.1, 0.15) is 271 Å². The summed E-state index contributed by atoms with van der Waals surface area (Å²) in [7, 11) is 0. The Labute approximate surface area is 420 Å². The van der Waals surface area contributed by atoms with Gasteiger partial charge in [-0.05, 0) is 77.0 Å². The second kappa shape index (κ2) is 56.2. The molecular formula is C62H106O6. The van der Waals surface area contributed by atoms with Crippen molar-refractivity contribution >= 4 is 17.9 Å². The summed E-state index contributed by atoms with van der Waals surface area (Å²) in [6.45, 7) is 6.43. The zero-order chi connectivity index (χ0) is 49.3. The fraction of sp³-hybridized carbons (Fsp3) is 0.726. The first-order valence-electron chi connectivity index (χ1n) is 28.6. The van der Waals surface area contributed by atoms with Crippen molar-refractivity contribution in [1.29, 1.82) is 0 Å². The van der Waals surface area contributed by atoms with Gasteiger partial charge in [0, 0.05) is 12.8 Å². The average Bonchev–Trinajstić information content (AvgIpc) is 3.34. The van der Waals surface area contributed by atoms with Gasteiger partial charge in [0.15, 0.2) is 6.10 Å². The molecule has 0 fully saturated rings. The van der Waals surface area contributed by atoms with E-state index in [-0.39, 0.29) is 31.6 Å². The molecule has 0 bridgehead atoms. The van der Waals surface area contributed by atoms with Crippen molar-refractivity contribution in [3.8, 4) is 0 Å². The Bertz CT molecular complexity index is 1320. The number of carbonyl (C=O) groups excluding carboxylic acids is 3. The van der Waals surface area contributed by atoms with Crippen LogP contribution >= 0.6 is 0 Å². The van der Waals surface area contributed by atoms with Crippen LogP contribution in [0.2, 0.25) is 0 Å². The average molecular weight is 948 g/mol. The van der Waals surface area contributed by atoms with Gasteiger partial charge >= 0.3 is 17.9 Å². The van der Waals surface area contributed by atoms with E-state index in [1.165, 1.54) is 148 Å².